The van der Waals surface area contributed by atoms with Gasteiger partial charge in [-0.2, -0.15) is 0 Å². The van der Waals surface area contributed by atoms with Crippen molar-refractivity contribution in [1.29, 1.82) is 0 Å². The molecule has 1 aliphatic rings. The Morgan fingerprint density at radius 1 is 1.50 bits per heavy atom. The molecule has 2 rings (SSSR count). The fourth-order valence-electron chi connectivity index (χ4n) is 3.05. The second kappa shape index (κ2) is 6.19. The van der Waals surface area contributed by atoms with Crippen LogP contribution in [0.25, 0.3) is 0 Å². The largest absolute Gasteiger partial charge is 0.384 e. The molecule has 0 radical (unpaired) electrons. The zero-order valence-corrected chi connectivity index (χ0v) is 13.4. The first-order valence-corrected chi connectivity index (χ1v) is 7.55. The van der Waals surface area contributed by atoms with Gasteiger partial charge in [0, 0.05) is 36.5 Å². The van der Waals surface area contributed by atoms with E-state index in [4.69, 9.17) is 9.72 Å². The van der Waals surface area contributed by atoms with Crippen LogP contribution in [-0.2, 0) is 11.2 Å². The van der Waals surface area contributed by atoms with E-state index in [9.17, 15) is 0 Å². The van der Waals surface area contributed by atoms with E-state index in [2.05, 4.69) is 38.0 Å². The molecule has 0 aromatic carbocycles. The Morgan fingerprint density at radius 2 is 2.25 bits per heavy atom. The summed E-state index contributed by atoms with van der Waals surface area (Å²) in [5, 5.41) is 3.57. The van der Waals surface area contributed by atoms with Gasteiger partial charge in [0.2, 0.25) is 0 Å². The maximum Gasteiger partial charge on any atom is 0.133 e. The quantitative estimate of drug-likeness (QED) is 0.899. The second-order valence-electron chi connectivity index (χ2n) is 6.64. The Balaban J connectivity index is 2.31. The van der Waals surface area contributed by atoms with E-state index in [1.54, 1.807) is 7.11 Å². The van der Waals surface area contributed by atoms with Crippen molar-refractivity contribution in [1.82, 2.24) is 15.3 Å². The Morgan fingerprint density at radius 3 is 2.90 bits per heavy atom. The summed E-state index contributed by atoms with van der Waals surface area (Å²) in [6, 6.07) is 0.380. The topological polar surface area (TPSA) is 47.0 Å². The zero-order valence-electron chi connectivity index (χ0n) is 13.4. The molecule has 2 unspecified atom stereocenters. The molecular weight excluding hydrogens is 250 g/mol. The third-order valence-corrected chi connectivity index (χ3v) is 4.00. The third kappa shape index (κ3) is 3.36. The maximum absolute atomic E-state index is 5.21. The summed E-state index contributed by atoms with van der Waals surface area (Å²) in [6.45, 7) is 10.5. The number of fused-ring (bicyclic) bond motifs is 1. The number of rotatable bonds is 5. The van der Waals surface area contributed by atoms with Crippen molar-refractivity contribution in [2.45, 2.75) is 52.5 Å². The van der Waals surface area contributed by atoms with Crippen LogP contribution in [0.2, 0.25) is 0 Å². The molecule has 112 valence electrons. The van der Waals surface area contributed by atoms with Gasteiger partial charge in [-0.1, -0.05) is 27.7 Å². The molecule has 0 saturated heterocycles. The van der Waals surface area contributed by atoms with Crippen molar-refractivity contribution in [3.63, 3.8) is 0 Å². The normalized spacial score (nSPS) is 22.4. The summed E-state index contributed by atoms with van der Waals surface area (Å²) in [4.78, 5) is 9.39. The Bertz CT molecular complexity index is 459. The Kier molecular flexibility index (Phi) is 4.76. The molecule has 1 N–H and O–H groups in total. The van der Waals surface area contributed by atoms with E-state index in [1.807, 2.05) is 6.20 Å². The van der Waals surface area contributed by atoms with Gasteiger partial charge < -0.3 is 10.1 Å². The first-order chi connectivity index (χ1) is 9.46. The summed E-state index contributed by atoms with van der Waals surface area (Å²) in [5.74, 6) is 1.14. The first-order valence-electron chi connectivity index (χ1n) is 7.55. The van der Waals surface area contributed by atoms with Gasteiger partial charge in [0.25, 0.3) is 0 Å². The highest BCUT2D eigenvalue weighted by Gasteiger charge is 2.33. The second-order valence-corrected chi connectivity index (χ2v) is 6.64. The number of hydrogen-bond donors (Lipinski definition) is 1. The smallest absolute Gasteiger partial charge is 0.133 e. The molecule has 2 atom stereocenters. The maximum atomic E-state index is 5.21. The minimum Gasteiger partial charge on any atom is -0.384 e. The molecule has 4 nitrogen and oxygen atoms in total. The molecule has 1 aromatic heterocycles. The predicted molar refractivity (Wildman–Crippen MR) is 80.8 cm³/mol. The van der Waals surface area contributed by atoms with E-state index < -0.39 is 0 Å². The van der Waals surface area contributed by atoms with Crippen LogP contribution in [0, 0.1) is 5.41 Å². The SMILES string of the molecule is CCNC1CC(C)(C)Cc2nc(C(C)COC)ncc21. The van der Waals surface area contributed by atoms with Crippen LogP contribution in [0.4, 0.5) is 0 Å². The minimum atomic E-state index is 0.243. The molecule has 20 heavy (non-hydrogen) atoms. The van der Waals surface area contributed by atoms with E-state index in [0.29, 0.717) is 12.6 Å². The summed E-state index contributed by atoms with van der Waals surface area (Å²) >= 11 is 0. The molecular formula is C16H27N3O. The summed E-state index contributed by atoms with van der Waals surface area (Å²) in [6.07, 6.45) is 4.19. The highest BCUT2D eigenvalue weighted by molar-refractivity contribution is 5.27. The molecule has 1 heterocycles. The lowest BCUT2D eigenvalue weighted by molar-refractivity contribution is 0.181. The van der Waals surface area contributed by atoms with Gasteiger partial charge in [-0.3, -0.25) is 0 Å². The van der Waals surface area contributed by atoms with Crippen molar-refractivity contribution < 1.29 is 4.74 Å². The highest BCUT2D eigenvalue weighted by atomic mass is 16.5. The van der Waals surface area contributed by atoms with Crippen LogP contribution in [-0.4, -0.2) is 30.2 Å². The molecule has 1 aromatic rings. The highest BCUT2D eigenvalue weighted by Crippen LogP contribution is 2.39. The Labute approximate surface area is 122 Å². The predicted octanol–water partition coefficient (Wildman–Crippen LogP) is 2.85. The average molecular weight is 277 g/mol. The number of aromatic nitrogens is 2. The van der Waals surface area contributed by atoms with Crippen molar-refractivity contribution in [2.75, 3.05) is 20.3 Å². The fraction of sp³-hybridized carbons (Fsp3) is 0.750. The van der Waals surface area contributed by atoms with Crippen molar-refractivity contribution in [3.05, 3.63) is 23.3 Å². The Hall–Kier alpha value is -1.00. The van der Waals surface area contributed by atoms with Gasteiger partial charge in [0.1, 0.15) is 5.82 Å². The van der Waals surface area contributed by atoms with Crippen LogP contribution < -0.4 is 5.32 Å². The lowest BCUT2D eigenvalue weighted by atomic mass is 9.74. The van der Waals surface area contributed by atoms with E-state index in [-0.39, 0.29) is 11.3 Å². The number of ether oxygens (including phenoxy) is 1. The summed E-state index contributed by atoms with van der Waals surface area (Å²) < 4.78 is 5.21. The molecule has 0 saturated carbocycles. The monoisotopic (exact) mass is 277 g/mol. The minimum absolute atomic E-state index is 0.243. The number of methoxy groups -OCH3 is 1. The van der Waals surface area contributed by atoms with Crippen molar-refractivity contribution in [3.8, 4) is 0 Å². The molecule has 0 aliphatic heterocycles. The first kappa shape index (κ1) is 15.4. The van der Waals surface area contributed by atoms with Crippen molar-refractivity contribution in [2.24, 2.45) is 5.41 Å². The van der Waals surface area contributed by atoms with Crippen LogP contribution in [0.3, 0.4) is 0 Å². The van der Waals surface area contributed by atoms with E-state index in [1.165, 1.54) is 11.3 Å². The van der Waals surface area contributed by atoms with Gasteiger partial charge in [-0.25, -0.2) is 9.97 Å². The van der Waals surface area contributed by atoms with Gasteiger partial charge in [0.05, 0.1) is 6.61 Å². The number of hydrogen-bond acceptors (Lipinski definition) is 4. The fourth-order valence-corrected chi connectivity index (χ4v) is 3.05. The average Bonchev–Trinajstić information content (AvgIpc) is 2.37. The van der Waals surface area contributed by atoms with Crippen LogP contribution in [0.1, 0.15) is 63.2 Å². The van der Waals surface area contributed by atoms with Crippen molar-refractivity contribution >= 4 is 0 Å². The number of nitrogens with one attached hydrogen (secondary N) is 1. The number of nitrogens with zero attached hydrogens (tertiary/aromatic N) is 2. The van der Waals surface area contributed by atoms with Crippen LogP contribution in [0.15, 0.2) is 6.20 Å². The van der Waals surface area contributed by atoms with E-state index >= 15 is 0 Å². The molecule has 0 amide bonds. The lowest BCUT2D eigenvalue weighted by Gasteiger charge is -2.36. The molecule has 0 spiro atoms. The van der Waals surface area contributed by atoms with E-state index in [0.717, 1.165) is 25.2 Å². The third-order valence-electron chi connectivity index (χ3n) is 4.00. The molecule has 0 fully saturated rings. The molecule has 4 heteroatoms. The van der Waals surface area contributed by atoms with Crippen LogP contribution >= 0.6 is 0 Å². The standard InChI is InChI=1S/C16H27N3O/c1-6-17-13-7-16(3,4)8-14-12(13)9-18-15(19-14)11(2)10-20-5/h9,11,13,17H,6-8,10H2,1-5H3. The lowest BCUT2D eigenvalue weighted by Crippen LogP contribution is -2.34. The zero-order chi connectivity index (χ0) is 14.8. The van der Waals surface area contributed by atoms with Gasteiger partial charge in [-0.05, 0) is 24.8 Å². The molecule has 1 aliphatic carbocycles. The summed E-state index contributed by atoms with van der Waals surface area (Å²) in [5.41, 5.74) is 2.77. The van der Waals surface area contributed by atoms with Gasteiger partial charge in [0.15, 0.2) is 0 Å². The van der Waals surface area contributed by atoms with Crippen LogP contribution in [0.5, 0.6) is 0 Å². The van der Waals surface area contributed by atoms with Gasteiger partial charge >= 0.3 is 0 Å². The molecule has 0 bridgehead atoms. The van der Waals surface area contributed by atoms with Gasteiger partial charge in [-0.15, -0.1) is 0 Å². The summed E-state index contributed by atoms with van der Waals surface area (Å²) in [7, 11) is 1.72.